The molecular weight excluding hydrogens is 379 g/mol. The van der Waals surface area contributed by atoms with Gasteiger partial charge in [-0.15, -0.1) is 5.10 Å². The van der Waals surface area contributed by atoms with Crippen molar-refractivity contribution >= 4 is 45.5 Å². The van der Waals surface area contributed by atoms with Crippen molar-refractivity contribution < 1.29 is 4.42 Å². The summed E-state index contributed by atoms with van der Waals surface area (Å²) >= 11 is 8.20. The molecule has 0 saturated heterocycles. The predicted octanol–water partition coefficient (Wildman–Crippen LogP) is 3.50. The molecule has 0 atom stereocenters. The molecule has 98 valence electrons. The van der Waals surface area contributed by atoms with E-state index in [4.69, 9.17) is 16.0 Å². The fourth-order valence-corrected chi connectivity index (χ4v) is 2.57. The average molecular weight is 389 g/mol. The van der Waals surface area contributed by atoms with E-state index in [0.29, 0.717) is 12.4 Å². The molecule has 0 unspecified atom stereocenters. The van der Waals surface area contributed by atoms with E-state index in [2.05, 4.69) is 38.0 Å². The number of furan rings is 1. The molecule has 0 saturated carbocycles. The summed E-state index contributed by atoms with van der Waals surface area (Å²) in [5.74, 6) is 1.55. The zero-order valence-corrected chi connectivity index (χ0v) is 12.9. The Balaban J connectivity index is 2.01. The Morgan fingerprint density at radius 2 is 2.37 bits per heavy atom. The number of aromatic nitrogens is 3. The molecule has 3 aromatic heterocycles. The fraction of sp³-hybridized carbons (Fsp3) is 0.167. The van der Waals surface area contributed by atoms with E-state index in [1.807, 2.05) is 25.3 Å². The summed E-state index contributed by atoms with van der Waals surface area (Å²) < 4.78 is 8.15. The Labute approximate surface area is 128 Å². The maximum absolute atomic E-state index is 5.94. The van der Waals surface area contributed by atoms with Gasteiger partial charge in [0.05, 0.1) is 12.8 Å². The Kier molecular flexibility index (Phi) is 3.36. The smallest absolute Gasteiger partial charge is 0.243 e. The van der Waals surface area contributed by atoms with Crippen LogP contribution in [0.4, 0.5) is 5.82 Å². The van der Waals surface area contributed by atoms with Crippen LogP contribution < -0.4 is 5.32 Å². The molecule has 1 N–H and O–H groups in total. The Bertz CT molecular complexity index is 723. The van der Waals surface area contributed by atoms with E-state index < -0.39 is 0 Å². The fourth-order valence-electron chi connectivity index (χ4n) is 1.88. The second-order valence-electron chi connectivity index (χ2n) is 4.06. The number of nitrogens with zero attached hydrogens (tertiary/aromatic N) is 3. The highest BCUT2D eigenvalue weighted by Crippen LogP contribution is 2.25. The number of hydrogen-bond acceptors (Lipinski definition) is 4. The van der Waals surface area contributed by atoms with Gasteiger partial charge in [0, 0.05) is 9.77 Å². The van der Waals surface area contributed by atoms with Crippen LogP contribution in [0.5, 0.6) is 0 Å². The highest BCUT2D eigenvalue weighted by atomic mass is 127. The van der Waals surface area contributed by atoms with Gasteiger partial charge in [0.2, 0.25) is 5.28 Å². The molecule has 0 bridgehead atoms. The number of rotatable bonds is 3. The maximum Gasteiger partial charge on any atom is 0.243 e. The minimum Gasteiger partial charge on any atom is -0.467 e. The molecule has 0 aromatic carbocycles. The van der Waals surface area contributed by atoms with Gasteiger partial charge in [0.15, 0.2) is 5.82 Å². The lowest BCUT2D eigenvalue weighted by atomic mass is 10.3. The predicted molar refractivity (Wildman–Crippen MR) is 81.5 cm³/mol. The number of fused-ring (bicyclic) bond motifs is 1. The van der Waals surface area contributed by atoms with E-state index >= 15 is 0 Å². The minimum atomic E-state index is 0.209. The van der Waals surface area contributed by atoms with Crippen LogP contribution in [0, 0.1) is 10.5 Å². The molecule has 7 heteroatoms. The van der Waals surface area contributed by atoms with Crippen molar-refractivity contribution in [1.82, 2.24) is 14.6 Å². The zero-order valence-electron chi connectivity index (χ0n) is 10.0. The van der Waals surface area contributed by atoms with Crippen LogP contribution in [0.2, 0.25) is 5.28 Å². The van der Waals surface area contributed by atoms with Gasteiger partial charge < -0.3 is 9.73 Å². The Hall–Kier alpha value is -1.28. The molecule has 0 fully saturated rings. The topological polar surface area (TPSA) is 55.4 Å². The lowest BCUT2D eigenvalue weighted by Crippen LogP contribution is -2.05. The molecule has 3 aromatic rings. The molecule has 3 heterocycles. The highest BCUT2D eigenvalue weighted by molar-refractivity contribution is 14.1. The quantitative estimate of drug-likeness (QED) is 0.698. The number of anilines is 1. The second kappa shape index (κ2) is 5.01. The first-order valence-electron chi connectivity index (χ1n) is 5.62. The maximum atomic E-state index is 5.94. The third-order valence-electron chi connectivity index (χ3n) is 2.81. The van der Waals surface area contributed by atoms with Crippen LogP contribution in [0.1, 0.15) is 11.3 Å². The normalized spacial score (nSPS) is 11.1. The van der Waals surface area contributed by atoms with Crippen LogP contribution in [-0.4, -0.2) is 14.6 Å². The molecule has 3 rings (SSSR count). The summed E-state index contributed by atoms with van der Waals surface area (Å²) in [6.07, 6.45) is 3.57. The van der Waals surface area contributed by atoms with Crippen molar-refractivity contribution in [1.29, 1.82) is 0 Å². The molecule has 0 amide bonds. The SMILES string of the molecule is Cc1c(I)cn2nc(Cl)nc(NCc3ccco3)c12. The highest BCUT2D eigenvalue weighted by Gasteiger charge is 2.13. The summed E-state index contributed by atoms with van der Waals surface area (Å²) in [4.78, 5) is 4.25. The molecule has 5 nitrogen and oxygen atoms in total. The number of aryl methyl sites for hydroxylation is 1. The third kappa shape index (κ3) is 2.42. The summed E-state index contributed by atoms with van der Waals surface area (Å²) in [6, 6.07) is 3.76. The number of nitrogens with one attached hydrogen (secondary N) is 1. The summed E-state index contributed by atoms with van der Waals surface area (Å²) in [7, 11) is 0. The molecule has 0 spiro atoms. The van der Waals surface area contributed by atoms with Gasteiger partial charge in [-0.3, -0.25) is 0 Å². The van der Waals surface area contributed by atoms with Crippen LogP contribution >= 0.6 is 34.2 Å². The van der Waals surface area contributed by atoms with Crippen LogP contribution in [0.25, 0.3) is 5.52 Å². The van der Waals surface area contributed by atoms with E-state index in [1.54, 1.807) is 10.8 Å². The first kappa shape index (κ1) is 12.7. The Morgan fingerprint density at radius 1 is 1.53 bits per heavy atom. The van der Waals surface area contributed by atoms with Crippen molar-refractivity contribution in [2.45, 2.75) is 13.5 Å². The van der Waals surface area contributed by atoms with Gasteiger partial charge in [0.25, 0.3) is 0 Å². The van der Waals surface area contributed by atoms with Crippen molar-refractivity contribution in [3.05, 3.63) is 44.8 Å². The summed E-state index contributed by atoms with van der Waals surface area (Å²) in [5.41, 5.74) is 2.06. The lowest BCUT2D eigenvalue weighted by molar-refractivity contribution is 0.518. The van der Waals surface area contributed by atoms with Crippen molar-refractivity contribution in [3.8, 4) is 0 Å². The standard InChI is InChI=1S/C12H10ClIN4O/c1-7-9(14)6-18-10(7)11(16-12(13)17-18)15-5-8-3-2-4-19-8/h2-4,6H,5H2,1H3,(H,15,16,17). The number of halogens is 2. The van der Waals surface area contributed by atoms with E-state index in [-0.39, 0.29) is 5.28 Å². The monoisotopic (exact) mass is 388 g/mol. The lowest BCUT2D eigenvalue weighted by Gasteiger charge is -2.07. The molecule has 19 heavy (non-hydrogen) atoms. The summed E-state index contributed by atoms with van der Waals surface area (Å²) in [6.45, 7) is 2.59. The van der Waals surface area contributed by atoms with E-state index in [0.717, 1.165) is 20.4 Å². The first-order chi connectivity index (χ1) is 9.15. The molecule has 0 radical (unpaired) electrons. The van der Waals surface area contributed by atoms with Crippen LogP contribution in [0.3, 0.4) is 0 Å². The van der Waals surface area contributed by atoms with Gasteiger partial charge in [-0.2, -0.15) is 4.98 Å². The minimum absolute atomic E-state index is 0.209. The van der Waals surface area contributed by atoms with E-state index in [9.17, 15) is 0 Å². The van der Waals surface area contributed by atoms with Crippen molar-refractivity contribution in [3.63, 3.8) is 0 Å². The van der Waals surface area contributed by atoms with Gasteiger partial charge in [-0.05, 0) is 58.8 Å². The Morgan fingerprint density at radius 3 is 3.11 bits per heavy atom. The van der Waals surface area contributed by atoms with Crippen molar-refractivity contribution in [2.24, 2.45) is 0 Å². The zero-order chi connectivity index (χ0) is 13.4. The average Bonchev–Trinajstić information content (AvgIpc) is 2.96. The summed E-state index contributed by atoms with van der Waals surface area (Å²) in [5, 5.41) is 7.61. The third-order valence-corrected chi connectivity index (χ3v) is 4.05. The van der Waals surface area contributed by atoms with Crippen LogP contribution in [-0.2, 0) is 6.54 Å². The largest absolute Gasteiger partial charge is 0.467 e. The molecule has 0 aliphatic heterocycles. The van der Waals surface area contributed by atoms with Gasteiger partial charge in [-0.1, -0.05) is 0 Å². The van der Waals surface area contributed by atoms with Gasteiger partial charge in [-0.25, -0.2) is 4.52 Å². The molecule has 0 aliphatic rings. The van der Waals surface area contributed by atoms with E-state index in [1.165, 1.54) is 0 Å². The number of hydrogen-bond donors (Lipinski definition) is 1. The second-order valence-corrected chi connectivity index (χ2v) is 5.56. The van der Waals surface area contributed by atoms with Crippen molar-refractivity contribution in [2.75, 3.05) is 5.32 Å². The van der Waals surface area contributed by atoms with Gasteiger partial charge >= 0.3 is 0 Å². The first-order valence-corrected chi connectivity index (χ1v) is 7.08. The molecular formula is C12H10ClIN4O. The van der Waals surface area contributed by atoms with Crippen LogP contribution in [0.15, 0.2) is 29.0 Å². The van der Waals surface area contributed by atoms with Gasteiger partial charge in [0.1, 0.15) is 11.3 Å². The molecule has 0 aliphatic carbocycles.